The minimum Gasteiger partial charge on any atom is -0.494 e. The fourth-order valence-electron chi connectivity index (χ4n) is 5.21. The third-order valence-corrected chi connectivity index (χ3v) is 8.73. The second kappa shape index (κ2) is 12.1. The highest BCUT2D eigenvalue weighted by Crippen LogP contribution is 2.39. The number of likely N-dealkylation sites (N-methyl/N-ethyl adjacent to an activating group) is 1. The number of nitrogens with one attached hydrogen (secondary N) is 1. The van der Waals surface area contributed by atoms with Gasteiger partial charge < -0.3 is 15.0 Å². The Bertz CT molecular complexity index is 1080. The maximum Gasteiger partial charge on any atom is 0.268 e. The summed E-state index contributed by atoms with van der Waals surface area (Å²) in [6.07, 6.45) is 0.999. The molecule has 0 aliphatic carbocycles. The third-order valence-electron chi connectivity index (χ3n) is 6.83. The molecule has 0 spiro atoms. The minimum atomic E-state index is -3.75. The molecule has 1 N–H and O–H groups in total. The number of hydrogen-bond acceptors (Lipinski definition) is 7. The van der Waals surface area contributed by atoms with Crippen LogP contribution in [0.4, 0.5) is 4.39 Å². The number of piperazine rings is 1. The fraction of sp³-hybridized carbons (Fsp3) is 0.625. The molecule has 3 aliphatic heterocycles. The smallest absolute Gasteiger partial charge is 0.268 e. The van der Waals surface area contributed by atoms with Crippen LogP contribution in [0.3, 0.4) is 0 Å². The zero-order valence-electron chi connectivity index (χ0n) is 21.2. The lowest BCUT2D eigenvalue weighted by molar-refractivity contribution is -0.118. The Hall–Kier alpha value is -1.92. The van der Waals surface area contributed by atoms with Crippen LogP contribution in [0.1, 0.15) is 31.9 Å². The van der Waals surface area contributed by atoms with E-state index in [0.717, 1.165) is 18.5 Å². The van der Waals surface area contributed by atoms with Gasteiger partial charge in [-0.1, -0.05) is 6.92 Å². The molecule has 0 bridgehead atoms. The van der Waals surface area contributed by atoms with Gasteiger partial charge in [-0.3, -0.25) is 14.6 Å². The Morgan fingerprint density at radius 3 is 2.47 bits per heavy atom. The van der Waals surface area contributed by atoms with E-state index in [2.05, 4.69) is 17.1 Å². The maximum absolute atomic E-state index is 13.5. The highest BCUT2D eigenvalue weighted by Gasteiger charge is 2.40. The average molecular weight is 546 g/mol. The molecule has 1 saturated heterocycles. The van der Waals surface area contributed by atoms with Gasteiger partial charge in [0, 0.05) is 51.9 Å². The predicted molar refractivity (Wildman–Crippen MR) is 138 cm³/mol. The van der Waals surface area contributed by atoms with E-state index in [1.54, 1.807) is 18.2 Å². The molecule has 0 radical (unpaired) electrons. The standard InChI is InChI=1S/C24H36FN5O4S.ClH/c1-4-9-29-16-20-22(26-24(31)23(20)27(3)17-29)19-15-18(6-7-21(19)34-5-2)35(32,33)30-13-11-28(10-8-25)12-14-30;/h6-7,15,22H,4-5,8-14,16-17H2,1-3H3,(H,26,31);1H. The number of carbonyl (C=O) groups excluding carboxylic acids is 1. The zero-order valence-corrected chi connectivity index (χ0v) is 22.8. The lowest BCUT2D eigenvalue weighted by Gasteiger charge is -2.35. The Kier molecular flexibility index (Phi) is 9.62. The highest BCUT2D eigenvalue weighted by atomic mass is 35.5. The van der Waals surface area contributed by atoms with Crippen molar-refractivity contribution in [3.63, 3.8) is 0 Å². The van der Waals surface area contributed by atoms with E-state index in [9.17, 15) is 17.6 Å². The number of carbonyl (C=O) groups is 1. The molecule has 3 heterocycles. The number of nitrogens with zero attached hydrogens (tertiary/aromatic N) is 4. The van der Waals surface area contributed by atoms with Gasteiger partial charge in [0.2, 0.25) is 10.0 Å². The van der Waals surface area contributed by atoms with E-state index in [4.69, 9.17) is 4.74 Å². The summed E-state index contributed by atoms with van der Waals surface area (Å²) in [5.41, 5.74) is 2.24. The van der Waals surface area contributed by atoms with Crippen molar-refractivity contribution in [2.75, 3.05) is 72.8 Å². The van der Waals surface area contributed by atoms with Crippen molar-refractivity contribution in [2.45, 2.75) is 31.2 Å². The van der Waals surface area contributed by atoms with Gasteiger partial charge in [-0.05, 0) is 43.7 Å². The van der Waals surface area contributed by atoms with Crippen LogP contribution in [0.2, 0.25) is 0 Å². The van der Waals surface area contributed by atoms with E-state index in [1.807, 2.05) is 23.8 Å². The van der Waals surface area contributed by atoms with Gasteiger partial charge in [-0.25, -0.2) is 12.8 Å². The van der Waals surface area contributed by atoms with Crippen LogP contribution < -0.4 is 10.1 Å². The van der Waals surface area contributed by atoms with Gasteiger partial charge in [0.1, 0.15) is 18.1 Å². The van der Waals surface area contributed by atoms with Gasteiger partial charge >= 0.3 is 0 Å². The van der Waals surface area contributed by atoms with Gasteiger partial charge in [-0.2, -0.15) is 4.31 Å². The number of rotatable bonds is 9. The number of amides is 1. The van der Waals surface area contributed by atoms with Crippen LogP contribution in [0.25, 0.3) is 0 Å². The molecule has 0 saturated carbocycles. The van der Waals surface area contributed by atoms with E-state index < -0.39 is 22.7 Å². The van der Waals surface area contributed by atoms with E-state index >= 15 is 0 Å². The molecule has 202 valence electrons. The molecule has 1 aromatic carbocycles. The Morgan fingerprint density at radius 1 is 1.11 bits per heavy atom. The van der Waals surface area contributed by atoms with Crippen molar-refractivity contribution < 1.29 is 22.3 Å². The zero-order chi connectivity index (χ0) is 25.2. The summed E-state index contributed by atoms with van der Waals surface area (Å²) in [6, 6.07) is 4.44. The Labute approximate surface area is 219 Å². The minimum absolute atomic E-state index is 0. The second-order valence-electron chi connectivity index (χ2n) is 9.24. The summed E-state index contributed by atoms with van der Waals surface area (Å²) in [7, 11) is -1.84. The van der Waals surface area contributed by atoms with Gasteiger partial charge in [0.25, 0.3) is 5.91 Å². The number of benzene rings is 1. The lowest BCUT2D eigenvalue weighted by Crippen LogP contribution is -2.49. The molecule has 4 rings (SSSR count). The van der Waals surface area contributed by atoms with Crippen molar-refractivity contribution in [3.05, 3.63) is 35.0 Å². The van der Waals surface area contributed by atoms with Crippen LogP contribution in [0, 0.1) is 0 Å². The predicted octanol–water partition coefficient (Wildman–Crippen LogP) is 1.82. The van der Waals surface area contributed by atoms with E-state index in [-0.39, 0.29) is 23.2 Å². The van der Waals surface area contributed by atoms with Crippen LogP contribution in [0.15, 0.2) is 34.4 Å². The second-order valence-corrected chi connectivity index (χ2v) is 11.2. The summed E-state index contributed by atoms with van der Waals surface area (Å²) in [6.45, 7) is 8.15. The number of hydrogen-bond donors (Lipinski definition) is 1. The van der Waals surface area contributed by atoms with Crippen LogP contribution in [-0.4, -0.2) is 106 Å². The molecule has 12 heteroatoms. The number of ether oxygens (including phenoxy) is 1. The largest absolute Gasteiger partial charge is 0.494 e. The summed E-state index contributed by atoms with van der Waals surface area (Å²) >= 11 is 0. The summed E-state index contributed by atoms with van der Waals surface area (Å²) in [5, 5.41) is 3.07. The molecule has 0 aromatic heterocycles. The normalized spacial score (nSPS) is 21.8. The van der Waals surface area contributed by atoms with Crippen molar-refractivity contribution in [2.24, 2.45) is 0 Å². The first-order valence-electron chi connectivity index (χ1n) is 12.3. The molecule has 9 nitrogen and oxygen atoms in total. The molecular weight excluding hydrogens is 509 g/mol. The number of halogens is 2. The quantitative estimate of drug-likeness (QED) is 0.506. The molecule has 36 heavy (non-hydrogen) atoms. The number of sulfonamides is 1. The molecule has 1 aromatic rings. The number of alkyl halides is 1. The molecular formula is C24H37ClFN5O4S. The Balaban J connectivity index is 0.00000361. The van der Waals surface area contributed by atoms with Crippen molar-refractivity contribution in [1.82, 2.24) is 24.3 Å². The highest BCUT2D eigenvalue weighted by molar-refractivity contribution is 7.89. The van der Waals surface area contributed by atoms with Crippen LogP contribution in [-0.2, 0) is 14.8 Å². The Morgan fingerprint density at radius 2 is 1.83 bits per heavy atom. The first-order chi connectivity index (χ1) is 16.8. The molecule has 1 amide bonds. The van der Waals surface area contributed by atoms with Crippen molar-refractivity contribution in [1.29, 1.82) is 0 Å². The summed E-state index contributed by atoms with van der Waals surface area (Å²) in [4.78, 5) is 19.3. The van der Waals surface area contributed by atoms with Gasteiger partial charge in [-0.15, -0.1) is 12.4 Å². The van der Waals surface area contributed by atoms with E-state index in [0.29, 0.717) is 69.6 Å². The average Bonchev–Trinajstić information content (AvgIpc) is 3.16. The monoisotopic (exact) mass is 545 g/mol. The first-order valence-corrected chi connectivity index (χ1v) is 13.8. The van der Waals surface area contributed by atoms with Gasteiger partial charge in [0.15, 0.2) is 0 Å². The SMILES string of the molecule is CCCN1CC2=C(C(=O)NC2c2cc(S(=O)(=O)N3CCN(CCF)CC3)ccc2OCC)N(C)C1.Cl. The van der Waals surface area contributed by atoms with Crippen molar-refractivity contribution >= 4 is 28.3 Å². The maximum atomic E-state index is 13.5. The molecule has 3 aliphatic rings. The first kappa shape index (κ1) is 28.6. The van der Waals surface area contributed by atoms with Gasteiger partial charge in [0.05, 0.1) is 24.2 Å². The summed E-state index contributed by atoms with van der Waals surface area (Å²) < 4.78 is 47.0. The third kappa shape index (κ3) is 5.65. The molecule has 1 atom stereocenters. The van der Waals surface area contributed by atoms with Crippen molar-refractivity contribution in [3.8, 4) is 5.75 Å². The summed E-state index contributed by atoms with van der Waals surface area (Å²) in [5.74, 6) is 0.414. The molecule has 1 fully saturated rings. The van der Waals surface area contributed by atoms with Crippen LogP contribution >= 0.6 is 12.4 Å². The van der Waals surface area contributed by atoms with Crippen LogP contribution in [0.5, 0.6) is 5.75 Å². The molecule has 1 unspecified atom stereocenters. The van der Waals surface area contributed by atoms with E-state index in [1.165, 1.54) is 4.31 Å². The fourth-order valence-corrected chi connectivity index (χ4v) is 6.67. The lowest BCUT2D eigenvalue weighted by atomic mass is 9.97. The topological polar surface area (TPSA) is 85.4 Å².